The monoisotopic (exact) mass is 391 g/mol. The molecule has 0 radical (unpaired) electrons. The van der Waals surface area contributed by atoms with Crippen LogP contribution in [-0.2, 0) is 17.9 Å². The van der Waals surface area contributed by atoms with Crippen LogP contribution in [0.25, 0.3) is 11.4 Å². The van der Waals surface area contributed by atoms with Crippen LogP contribution in [-0.4, -0.2) is 32.5 Å². The summed E-state index contributed by atoms with van der Waals surface area (Å²) in [6.45, 7) is 0.899. The number of amides is 1. The molecule has 29 heavy (non-hydrogen) atoms. The fourth-order valence-electron chi connectivity index (χ4n) is 3.57. The van der Waals surface area contributed by atoms with Crippen molar-refractivity contribution < 1.29 is 9.53 Å². The van der Waals surface area contributed by atoms with Crippen molar-refractivity contribution in [3.8, 4) is 17.1 Å². The van der Waals surface area contributed by atoms with Gasteiger partial charge in [0.1, 0.15) is 17.9 Å². The molecule has 1 aliphatic heterocycles. The van der Waals surface area contributed by atoms with Crippen molar-refractivity contribution in [2.24, 2.45) is 0 Å². The molecule has 1 amide bonds. The quantitative estimate of drug-likeness (QED) is 0.713. The number of benzene rings is 1. The Morgan fingerprint density at radius 1 is 1.28 bits per heavy atom. The van der Waals surface area contributed by atoms with Crippen LogP contribution < -0.4 is 15.6 Å². The molecule has 3 heterocycles. The molecule has 0 fully saturated rings. The first-order chi connectivity index (χ1) is 14.2. The lowest BCUT2D eigenvalue weighted by Crippen LogP contribution is -2.37. The predicted molar refractivity (Wildman–Crippen MR) is 106 cm³/mol. The molecule has 0 aliphatic carbocycles. The van der Waals surface area contributed by atoms with Crippen molar-refractivity contribution >= 4 is 5.91 Å². The summed E-state index contributed by atoms with van der Waals surface area (Å²) in [5.74, 6) is 0.552. The number of fused-ring (bicyclic) bond motifs is 1. The molecule has 0 saturated carbocycles. The average Bonchev–Trinajstić information content (AvgIpc) is 2.77. The van der Waals surface area contributed by atoms with E-state index >= 15 is 0 Å². The number of ether oxygens (including phenoxy) is 1. The van der Waals surface area contributed by atoms with Gasteiger partial charge in [-0.2, -0.15) is 0 Å². The molecule has 3 aromatic rings. The first kappa shape index (κ1) is 18.8. The number of hydrogen-bond donors (Lipinski definition) is 1. The van der Waals surface area contributed by atoms with E-state index in [9.17, 15) is 9.59 Å². The Labute approximate surface area is 167 Å². The van der Waals surface area contributed by atoms with Crippen molar-refractivity contribution in [3.63, 3.8) is 0 Å². The minimum absolute atomic E-state index is 0.156. The summed E-state index contributed by atoms with van der Waals surface area (Å²) in [5, 5.41) is 2.96. The molecule has 1 aliphatic rings. The molecule has 2 aromatic heterocycles. The van der Waals surface area contributed by atoms with Crippen LogP contribution in [0, 0.1) is 0 Å². The Hall–Kier alpha value is -3.55. The van der Waals surface area contributed by atoms with Gasteiger partial charge in [0.2, 0.25) is 5.91 Å². The second kappa shape index (κ2) is 8.22. The molecule has 1 N–H and O–H groups in total. The number of nitrogens with one attached hydrogen (secondary N) is 1. The van der Waals surface area contributed by atoms with E-state index in [-0.39, 0.29) is 11.5 Å². The van der Waals surface area contributed by atoms with Gasteiger partial charge < -0.3 is 10.1 Å². The zero-order valence-corrected chi connectivity index (χ0v) is 16.0. The van der Waals surface area contributed by atoms with E-state index in [0.717, 1.165) is 17.7 Å². The molecule has 4 rings (SSSR count). The van der Waals surface area contributed by atoms with Crippen molar-refractivity contribution in [2.75, 3.05) is 7.11 Å². The van der Waals surface area contributed by atoms with Crippen LogP contribution in [0.1, 0.15) is 30.1 Å². The van der Waals surface area contributed by atoms with E-state index in [1.54, 1.807) is 23.9 Å². The van der Waals surface area contributed by atoms with E-state index in [4.69, 9.17) is 4.74 Å². The number of carbonyl (C=O) groups excluding carboxylic acids is 1. The largest absolute Gasteiger partial charge is 0.496 e. The van der Waals surface area contributed by atoms with E-state index < -0.39 is 5.92 Å². The van der Waals surface area contributed by atoms with Gasteiger partial charge in [0, 0.05) is 30.9 Å². The van der Waals surface area contributed by atoms with Gasteiger partial charge in [-0.15, -0.1) is 0 Å². The minimum Gasteiger partial charge on any atom is -0.496 e. The van der Waals surface area contributed by atoms with Gasteiger partial charge in [0.25, 0.3) is 5.56 Å². The predicted octanol–water partition coefficient (Wildman–Crippen LogP) is 1.90. The summed E-state index contributed by atoms with van der Waals surface area (Å²) in [7, 11) is 1.60. The maximum atomic E-state index is 13.0. The van der Waals surface area contributed by atoms with Crippen LogP contribution in [0.5, 0.6) is 5.75 Å². The second-order valence-corrected chi connectivity index (χ2v) is 6.81. The molecular formula is C21H21N5O3. The highest BCUT2D eigenvalue weighted by molar-refractivity contribution is 5.83. The SMILES string of the molecule is COc1ccccc1CNC(=O)C1CCCn2c1nc(-c1ccncn1)cc2=O. The third-order valence-corrected chi connectivity index (χ3v) is 5.03. The van der Waals surface area contributed by atoms with Crippen molar-refractivity contribution in [1.29, 1.82) is 0 Å². The second-order valence-electron chi connectivity index (χ2n) is 6.81. The molecule has 8 heteroatoms. The Bertz CT molecular complexity index is 1080. The topological polar surface area (TPSA) is 99.0 Å². The van der Waals surface area contributed by atoms with Gasteiger partial charge in [0.05, 0.1) is 24.4 Å². The highest BCUT2D eigenvalue weighted by Gasteiger charge is 2.29. The number of carbonyl (C=O) groups is 1. The van der Waals surface area contributed by atoms with Crippen LogP contribution in [0.2, 0.25) is 0 Å². The third-order valence-electron chi connectivity index (χ3n) is 5.03. The number of rotatable bonds is 5. The first-order valence-electron chi connectivity index (χ1n) is 9.45. The number of nitrogens with zero attached hydrogens (tertiary/aromatic N) is 4. The molecule has 0 spiro atoms. The Morgan fingerprint density at radius 2 is 2.14 bits per heavy atom. The van der Waals surface area contributed by atoms with Gasteiger partial charge in [-0.1, -0.05) is 18.2 Å². The maximum absolute atomic E-state index is 13.0. The van der Waals surface area contributed by atoms with Crippen LogP contribution in [0.3, 0.4) is 0 Å². The lowest BCUT2D eigenvalue weighted by molar-refractivity contribution is -0.123. The van der Waals surface area contributed by atoms with E-state index in [0.29, 0.717) is 36.7 Å². The van der Waals surface area contributed by atoms with E-state index in [1.807, 2.05) is 24.3 Å². The zero-order valence-electron chi connectivity index (χ0n) is 16.0. The lowest BCUT2D eigenvalue weighted by Gasteiger charge is -2.25. The van der Waals surface area contributed by atoms with Gasteiger partial charge in [-0.05, 0) is 25.0 Å². The molecule has 1 unspecified atom stereocenters. The molecule has 0 saturated heterocycles. The number of hydrogen-bond acceptors (Lipinski definition) is 6. The fraction of sp³-hybridized carbons (Fsp3) is 0.286. The summed E-state index contributed by atoms with van der Waals surface area (Å²) >= 11 is 0. The van der Waals surface area contributed by atoms with Gasteiger partial charge in [-0.3, -0.25) is 14.2 Å². The smallest absolute Gasteiger partial charge is 0.254 e. The molecule has 148 valence electrons. The maximum Gasteiger partial charge on any atom is 0.254 e. The summed E-state index contributed by atoms with van der Waals surface area (Å²) in [4.78, 5) is 38.3. The van der Waals surface area contributed by atoms with Gasteiger partial charge in [0.15, 0.2) is 0 Å². The highest BCUT2D eigenvalue weighted by Crippen LogP contribution is 2.27. The highest BCUT2D eigenvalue weighted by atomic mass is 16.5. The van der Waals surface area contributed by atoms with E-state index in [1.165, 1.54) is 12.4 Å². The van der Waals surface area contributed by atoms with Gasteiger partial charge in [-0.25, -0.2) is 15.0 Å². The number of para-hydroxylation sites is 1. The van der Waals surface area contributed by atoms with Gasteiger partial charge >= 0.3 is 0 Å². The fourth-order valence-corrected chi connectivity index (χ4v) is 3.57. The summed E-state index contributed by atoms with van der Waals surface area (Å²) < 4.78 is 6.92. The Kier molecular flexibility index (Phi) is 5.33. The van der Waals surface area contributed by atoms with Crippen LogP contribution >= 0.6 is 0 Å². The Morgan fingerprint density at radius 3 is 2.93 bits per heavy atom. The minimum atomic E-state index is -0.493. The summed E-state index contributed by atoms with van der Waals surface area (Å²) in [6.07, 6.45) is 4.38. The van der Waals surface area contributed by atoms with Crippen molar-refractivity contribution in [3.05, 3.63) is 70.7 Å². The standard InChI is InChI=1S/C21H21N5O3/c1-29-18-7-3-2-5-14(18)12-23-21(28)15-6-4-10-26-19(27)11-17(25-20(15)26)16-8-9-22-13-24-16/h2-3,5,7-9,11,13,15H,4,6,10,12H2,1H3,(H,23,28). The average molecular weight is 391 g/mol. The van der Waals surface area contributed by atoms with Crippen molar-refractivity contribution in [1.82, 2.24) is 24.8 Å². The molecule has 1 atom stereocenters. The lowest BCUT2D eigenvalue weighted by atomic mass is 9.97. The van der Waals surface area contributed by atoms with Crippen LogP contribution in [0.15, 0.2) is 53.7 Å². The molecule has 8 nitrogen and oxygen atoms in total. The normalized spacial score (nSPS) is 15.4. The Balaban J connectivity index is 1.61. The molecular weight excluding hydrogens is 370 g/mol. The van der Waals surface area contributed by atoms with Crippen molar-refractivity contribution in [2.45, 2.75) is 31.8 Å². The summed E-state index contributed by atoms with van der Waals surface area (Å²) in [5.41, 5.74) is 1.72. The molecule has 1 aromatic carbocycles. The summed E-state index contributed by atoms with van der Waals surface area (Å²) in [6, 6.07) is 10.7. The first-order valence-corrected chi connectivity index (χ1v) is 9.45. The number of aromatic nitrogens is 4. The molecule has 0 bridgehead atoms. The zero-order chi connectivity index (χ0) is 20.2. The van der Waals surface area contributed by atoms with E-state index in [2.05, 4.69) is 20.3 Å². The number of methoxy groups -OCH3 is 1. The van der Waals surface area contributed by atoms with Crippen LogP contribution in [0.4, 0.5) is 0 Å². The third kappa shape index (κ3) is 3.87.